The van der Waals surface area contributed by atoms with Crippen LogP contribution in [0.3, 0.4) is 0 Å². The Bertz CT molecular complexity index is 1430. The van der Waals surface area contributed by atoms with Gasteiger partial charge in [0.05, 0.1) is 18.7 Å². The van der Waals surface area contributed by atoms with Crippen LogP contribution < -0.4 is 19.7 Å². The molecule has 0 saturated heterocycles. The molecule has 39 heavy (non-hydrogen) atoms. The quantitative estimate of drug-likeness (QED) is 0.313. The average molecular weight is 530 g/mol. The Morgan fingerprint density at radius 3 is 2.31 bits per heavy atom. The summed E-state index contributed by atoms with van der Waals surface area (Å²) in [6, 6.07) is 20.9. The van der Waals surface area contributed by atoms with E-state index in [4.69, 9.17) is 9.47 Å². The molecule has 0 unspecified atom stereocenters. The number of anilines is 1. The SMILES string of the molecule is CCOc1ccc([C@@H](C(=O)NC(C)(C)C)N(C(=O)Cn2nnc3ccccc32)c2cccc(OCC)c2)cc1. The fourth-order valence-electron chi connectivity index (χ4n) is 4.33. The first-order chi connectivity index (χ1) is 18.7. The zero-order valence-corrected chi connectivity index (χ0v) is 23.0. The number of ether oxygens (including phenoxy) is 2. The van der Waals surface area contributed by atoms with Crippen molar-refractivity contribution in [3.63, 3.8) is 0 Å². The first-order valence-corrected chi connectivity index (χ1v) is 13.1. The lowest BCUT2D eigenvalue weighted by atomic mass is 10.0. The van der Waals surface area contributed by atoms with Crippen molar-refractivity contribution in [3.05, 3.63) is 78.4 Å². The number of para-hydroxylation sites is 1. The molecule has 0 aliphatic carbocycles. The van der Waals surface area contributed by atoms with E-state index in [-0.39, 0.29) is 18.4 Å². The Labute approximate surface area is 228 Å². The number of rotatable bonds is 10. The maximum absolute atomic E-state index is 14.2. The molecule has 0 bridgehead atoms. The molecule has 4 aromatic rings. The number of aromatic nitrogens is 3. The van der Waals surface area contributed by atoms with Gasteiger partial charge in [-0.05, 0) is 76.6 Å². The molecule has 2 amide bonds. The van der Waals surface area contributed by atoms with Gasteiger partial charge in [0.2, 0.25) is 11.8 Å². The topological polar surface area (TPSA) is 98.6 Å². The molecule has 1 atom stereocenters. The van der Waals surface area contributed by atoms with Gasteiger partial charge in [-0.3, -0.25) is 14.5 Å². The van der Waals surface area contributed by atoms with Crippen LogP contribution in [-0.2, 0) is 16.1 Å². The molecule has 9 nitrogen and oxygen atoms in total. The molecule has 0 fully saturated rings. The fraction of sp³-hybridized carbons (Fsp3) is 0.333. The van der Waals surface area contributed by atoms with Gasteiger partial charge in [-0.25, -0.2) is 4.68 Å². The van der Waals surface area contributed by atoms with Crippen molar-refractivity contribution < 1.29 is 19.1 Å². The largest absolute Gasteiger partial charge is 0.494 e. The second-order valence-electron chi connectivity index (χ2n) is 10.1. The maximum Gasteiger partial charge on any atom is 0.249 e. The molecule has 3 aromatic carbocycles. The summed E-state index contributed by atoms with van der Waals surface area (Å²) in [7, 11) is 0. The third-order valence-electron chi connectivity index (χ3n) is 5.89. The van der Waals surface area contributed by atoms with Gasteiger partial charge >= 0.3 is 0 Å². The molecule has 1 N–H and O–H groups in total. The van der Waals surface area contributed by atoms with Gasteiger partial charge in [-0.2, -0.15) is 0 Å². The highest BCUT2D eigenvalue weighted by atomic mass is 16.5. The van der Waals surface area contributed by atoms with Crippen LogP contribution in [0.25, 0.3) is 11.0 Å². The number of carbonyl (C=O) groups excluding carboxylic acids is 2. The van der Waals surface area contributed by atoms with Gasteiger partial charge in [0.15, 0.2) is 0 Å². The molecule has 4 rings (SSSR count). The maximum atomic E-state index is 14.2. The van der Waals surface area contributed by atoms with E-state index in [1.807, 2.05) is 83.1 Å². The lowest BCUT2D eigenvalue weighted by Crippen LogP contribution is -2.50. The summed E-state index contributed by atoms with van der Waals surface area (Å²) in [5.41, 5.74) is 2.05. The standard InChI is InChI=1S/C30H35N5O4/c1-6-38-23-17-15-21(16-18-23)28(29(37)31-30(3,4)5)35(22-11-10-12-24(19-22)39-7-2)27(36)20-34-26-14-9-8-13-25(26)32-33-34/h8-19,28H,6-7,20H2,1-5H3,(H,31,37)/t28-/m0/s1. The first-order valence-electron chi connectivity index (χ1n) is 13.1. The third-order valence-corrected chi connectivity index (χ3v) is 5.89. The molecule has 0 spiro atoms. The number of nitrogens with one attached hydrogen (secondary N) is 1. The van der Waals surface area contributed by atoms with Gasteiger partial charge in [0.25, 0.3) is 0 Å². The monoisotopic (exact) mass is 529 g/mol. The van der Waals surface area contributed by atoms with Crippen LogP contribution in [0.1, 0.15) is 46.2 Å². The lowest BCUT2D eigenvalue weighted by Gasteiger charge is -2.34. The number of nitrogens with zero attached hydrogens (tertiary/aromatic N) is 4. The molecular formula is C30H35N5O4. The van der Waals surface area contributed by atoms with Crippen molar-refractivity contribution in [2.45, 2.75) is 52.7 Å². The molecule has 0 aliphatic rings. The van der Waals surface area contributed by atoms with Crippen molar-refractivity contribution in [1.29, 1.82) is 0 Å². The van der Waals surface area contributed by atoms with Crippen molar-refractivity contribution >= 4 is 28.5 Å². The first kappa shape index (κ1) is 27.6. The van der Waals surface area contributed by atoms with Crippen molar-refractivity contribution in [3.8, 4) is 11.5 Å². The van der Waals surface area contributed by atoms with E-state index >= 15 is 0 Å². The summed E-state index contributed by atoms with van der Waals surface area (Å²) in [6.07, 6.45) is 0. The van der Waals surface area contributed by atoms with Gasteiger partial charge in [-0.1, -0.05) is 35.5 Å². The minimum absolute atomic E-state index is 0.115. The molecule has 1 aromatic heterocycles. The van der Waals surface area contributed by atoms with Crippen LogP contribution in [0.5, 0.6) is 11.5 Å². The van der Waals surface area contributed by atoms with Gasteiger partial charge < -0.3 is 14.8 Å². The Morgan fingerprint density at radius 1 is 0.923 bits per heavy atom. The number of carbonyl (C=O) groups is 2. The van der Waals surface area contributed by atoms with Gasteiger partial charge in [0.1, 0.15) is 29.6 Å². The molecule has 0 aliphatic heterocycles. The molecular weight excluding hydrogens is 494 g/mol. The highest BCUT2D eigenvalue weighted by Crippen LogP contribution is 2.32. The van der Waals surface area contributed by atoms with Crippen molar-refractivity contribution in [2.24, 2.45) is 0 Å². The zero-order valence-electron chi connectivity index (χ0n) is 23.0. The predicted octanol–water partition coefficient (Wildman–Crippen LogP) is 4.92. The number of hydrogen-bond donors (Lipinski definition) is 1. The van der Waals surface area contributed by atoms with Crippen LogP contribution in [0.4, 0.5) is 5.69 Å². The van der Waals surface area contributed by atoms with E-state index in [1.54, 1.807) is 28.9 Å². The zero-order chi connectivity index (χ0) is 28.0. The lowest BCUT2D eigenvalue weighted by molar-refractivity contribution is -0.128. The molecule has 9 heteroatoms. The number of hydrogen-bond acceptors (Lipinski definition) is 6. The van der Waals surface area contributed by atoms with E-state index in [9.17, 15) is 9.59 Å². The summed E-state index contributed by atoms with van der Waals surface area (Å²) in [4.78, 5) is 29.6. The Hall–Kier alpha value is -4.40. The number of benzene rings is 3. The minimum Gasteiger partial charge on any atom is -0.494 e. The van der Waals surface area contributed by atoms with Crippen LogP contribution in [0.15, 0.2) is 72.8 Å². The summed E-state index contributed by atoms with van der Waals surface area (Å²) < 4.78 is 12.9. The Morgan fingerprint density at radius 2 is 1.62 bits per heavy atom. The second kappa shape index (κ2) is 12.0. The van der Waals surface area contributed by atoms with E-state index in [0.29, 0.717) is 41.5 Å². The summed E-state index contributed by atoms with van der Waals surface area (Å²) >= 11 is 0. The highest BCUT2D eigenvalue weighted by molar-refractivity contribution is 6.01. The summed E-state index contributed by atoms with van der Waals surface area (Å²) in [5, 5.41) is 11.4. The molecule has 0 saturated carbocycles. The van der Waals surface area contributed by atoms with E-state index in [0.717, 1.165) is 5.52 Å². The Kier molecular flexibility index (Phi) is 8.49. The number of amides is 2. The van der Waals surface area contributed by atoms with Crippen molar-refractivity contribution in [1.82, 2.24) is 20.3 Å². The second-order valence-corrected chi connectivity index (χ2v) is 10.1. The normalized spacial score (nSPS) is 12.1. The van der Waals surface area contributed by atoms with Crippen LogP contribution in [-0.4, -0.2) is 45.6 Å². The number of fused-ring (bicyclic) bond motifs is 1. The molecule has 1 heterocycles. The Balaban J connectivity index is 1.83. The van der Waals surface area contributed by atoms with Gasteiger partial charge in [0, 0.05) is 17.3 Å². The highest BCUT2D eigenvalue weighted by Gasteiger charge is 2.35. The predicted molar refractivity (Wildman–Crippen MR) is 151 cm³/mol. The van der Waals surface area contributed by atoms with Crippen LogP contribution >= 0.6 is 0 Å². The third kappa shape index (κ3) is 6.73. The molecule has 204 valence electrons. The van der Waals surface area contributed by atoms with E-state index in [2.05, 4.69) is 15.6 Å². The smallest absolute Gasteiger partial charge is 0.249 e. The van der Waals surface area contributed by atoms with Crippen molar-refractivity contribution in [2.75, 3.05) is 18.1 Å². The average Bonchev–Trinajstić information content (AvgIpc) is 3.30. The van der Waals surface area contributed by atoms with Crippen LogP contribution in [0, 0.1) is 0 Å². The molecule has 0 radical (unpaired) electrons. The van der Waals surface area contributed by atoms with E-state index in [1.165, 1.54) is 4.90 Å². The van der Waals surface area contributed by atoms with Gasteiger partial charge in [-0.15, -0.1) is 5.10 Å². The summed E-state index contributed by atoms with van der Waals surface area (Å²) in [6.45, 7) is 10.4. The minimum atomic E-state index is -0.973. The van der Waals surface area contributed by atoms with E-state index < -0.39 is 11.6 Å². The van der Waals surface area contributed by atoms with Crippen LogP contribution in [0.2, 0.25) is 0 Å². The fourth-order valence-corrected chi connectivity index (χ4v) is 4.33. The summed E-state index contributed by atoms with van der Waals surface area (Å²) in [5.74, 6) is 0.634.